The van der Waals surface area contributed by atoms with Gasteiger partial charge < -0.3 is 15.0 Å². The number of benzene rings is 1. The van der Waals surface area contributed by atoms with Gasteiger partial charge in [-0.05, 0) is 24.1 Å². The highest BCUT2D eigenvalue weighted by molar-refractivity contribution is 5.74. The van der Waals surface area contributed by atoms with Gasteiger partial charge in [-0.2, -0.15) is 5.10 Å². The van der Waals surface area contributed by atoms with E-state index in [9.17, 15) is 4.79 Å². The molecule has 1 aliphatic heterocycles. The second-order valence-electron chi connectivity index (χ2n) is 5.45. The molecule has 1 aromatic carbocycles. The molecule has 2 aromatic rings. The maximum absolute atomic E-state index is 12.1. The Hall–Kier alpha value is -2.34. The topological polar surface area (TPSA) is 70.2 Å². The summed E-state index contributed by atoms with van der Waals surface area (Å²) in [6, 6.07) is 9.96. The van der Waals surface area contributed by atoms with E-state index >= 15 is 0 Å². The highest BCUT2D eigenvalue weighted by Gasteiger charge is 2.20. The number of H-pyrrole nitrogens is 1. The molecular weight excluding hydrogens is 280 g/mol. The lowest BCUT2D eigenvalue weighted by molar-refractivity contribution is -0.00351. The molecule has 1 aliphatic rings. The van der Waals surface area contributed by atoms with Crippen molar-refractivity contribution in [3.8, 4) is 11.3 Å². The third-order valence-electron chi connectivity index (χ3n) is 3.74. The van der Waals surface area contributed by atoms with Gasteiger partial charge in [-0.15, -0.1) is 0 Å². The van der Waals surface area contributed by atoms with Crippen LogP contribution < -0.4 is 5.32 Å². The first-order valence-electron chi connectivity index (χ1n) is 7.45. The molecule has 116 valence electrons. The van der Waals surface area contributed by atoms with Crippen molar-refractivity contribution in [3.63, 3.8) is 0 Å². The van der Waals surface area contributed by atoms with Gasteiger partial charge in [0.1, 0.15) is 0 Å². The minimum atomic E-state index is -0.0344. The summed E-state index contributed by atoms with van der Waals surface area (Å²) in [5.41, 5.74) is 3.13. The van der Waals surface area contributed by atoms with E-state index in [-0.39, 0.29) is 12.1 Å². The number of nitrogens with zero attached hydrogens (tertiary/aromatic N) is 2. The number of morpholine rings is 1. The molecule has 1 unspecified atom stereocenters. The van der Waals surface area contributed by atoms with Crippen LogP contribution in [0.4, 0.5) is 4.79 Å². The van der Waals surface area contributed by atoms with E-state index in [1.807, 2.05) is 37.3 Å². The standard InChI is InChI=1S/C16H20N4O2/c1-12-11-20(8-9-22-12)16(21)17-10-13-2-4-14(5-3-13)15-6-7-18-19-15/h2-7,12H,8-11H2,1H3,(H,17,21)(H,18,19). The summed E-state index contributed by atoms with van der Waals surface area (Å²) in [6.45, 7) is 4.40. The monoisotopic (exact) mass is 300 g/mol. The van der Waals surface area contributed by atoms with Crippen LogP contribution in [0.15, 0.2) is 36.5 Å². The highest BCUT2D eigenvalue weighted by Crippen LogP contribution is 2.16. The Morgan fingerprint density at radius 2 is 2.23 bits per heavy atom. The number of nitrogens with one attached hydrogen (secondary N) is 2. The zero-order chi connectivity index (χ0) is 15.4. The Kier molecular flexibility index (Phi) is 4.39. The summed E-state index contributed by atoms with van der Waals surface area (Å²) in [4.78, 5) is 13.9. The van der Waals surface area contributed by atoms with Crippen LogP contribution in [0.3, 0.4) is 0 Å². The number of carbonyl (C=O) groups is 1. The van der Waals surface area contributed by atoms with Crippen LogP contribution >= 0.6 is 0 Å². The van der Waals surface area contributed by atoms with E-state index in [1.165, 1.54) is 0 Å². The van der Waals surface area contributed by atoms with Gasteiger partial charge in [0, 0.05) is 25.8 Å². The average Bonchev–Trinajstić information content (AvgIpc) is 3.07. The number of hydrogen-bond acceptors (Lipinski definition) is 3. The molecular formula is C16H20N4O2. The molecule has 0 aliphatic carbocycles. The molecule has 0 radical (unpaired) electrons. The van der Waals surface area contributed by atoms with Crippen LogP contribution in [0, 0.1) is 0 Å². The molecule has 1 aromatic heterocycles. The van der Waals surface area contributed by atoms with Crippen LogP contribution in [0.5, 0.6) is 0 Å². The number of amides is 2. The van der Waals surface area contributed by atoms with E-state index in [1.54, 1.807) is 11.1 Å². The second-order valence-corrected chi connectivity index (χ2v) is 5.45. The quantitative estimate of drug-likeness (QED) is 0.911. The van der Waals surface area contributed by atoms with Gasteiger partial charge >= 0.3 is 6.03 Å². The maximum atomic E-state index is 12.1. The number of urea groups is 1. The van der Waals surface area contributed by atoms with Gasteiger partial charge in [0.2, 0.25) is 0 Å². The van der Waals surface area contributed by atoms with Crippen molar-refractivity contribution in [1.82, 2.24) is 20.4 Å². The number of carbonyl (C=O) groups excluding carboxylic acids is 1. The highest BCUT2D eigenvalue weighted by atomic mass is 16.5. The number of hydrogen-bond donors (Lipinski definition) is 2. The molecule has 2 N–H and O–H groups in total. The molecule has 0 bridgehead atoms. The third kappa shape index (κ3) is 3.46. The molecule has 0 saturated carbocycles. The van der Waals surface area contributed by atoms with Crippen molar-refractivity contribution in [2.75, 3.05) is 19.7 Å². The summed E-state index contributed by atoms with van der Waals surface area (Å²) >= 11 is 0. The van der Waals surface area contributed by atoms with Crippen molar-refractivity contribution in [2.24, 2.45) is 0 Å². The lowest BCUT2D eigenvalue weighted by atomic mass is 10.1. The van der Waals surface area contributed by atoms with Crippen molar-refractivity contribution < 1.29 is 9.53 Å². The molecule has 6 nitrogen and oxygen atoms in total. The molecule has 0 spiro atoms. The van der Waals surface area contributed by atoms with Crippen LogP contribution in [-0.2, 0) is 11.3 Å². The lowest BCUT2D eigenvalue weighted by Crippen LogP contribution is -2.48. The number of rotatable bonds is 3. The summed E-state index contributed by atoms with van der Waals surface area (Å²) in [6.07, 6.45) is 1.83. The maximum Gasteiger partial charge on any atom is 0.317 e. The fourth-order valence-corrected chi connectivity index (χ4v) is 2.51. The van der Waals surface area contributed by atoms with E-state index in [0.29, 0.717) is 26.2 Å². The fourth-order valence-electron chi connectivity index (χ4n) is 2.51. The molecule has 2 heterocycles. The van der Waals surface area contributed by atoms with E-state index in [0.717, 1.165) is 16.8 Å². The van der Waals surface area contributed by atoms with Gasteiger partial charge in [0.25, 0.3) is 0 Å². The van der Waals surface area contributed by atoms with E-state index in [4.69, 9.17) is 4.74 Å². The molecule has 1 fully saturated rings. The first kappa shape index (κ1) is 14.6. The number of aromatic amines is 1. The Bertz CT molecular complexity index is 610. The SMILES string of the molecule is CC1CN(C(=O)NCc2ccc(-c3ccn[nH]3)cc2)CCO1. The minimum absolute atomic E-state index is 0.0344. The summed E-state index contributed by atoms with van der Waals surface area (Å²) < 4.78 is 5.44. The Labute approximate surface area is 129 Å². The summed E-state index contributed by atoms with van der Waals surface area (Å²) in [5, 5.41) is 9.83. The van der Waals surface area contributed by atoms with Gasteiger partial charge in [-0.1, -0.05) is 24.3 Å². The largest absolute Gasteiger partial charge is 0.375 e. The zero-order valence-electron chi connectivity index (χ0n) is 12.6. The lowest BCUT2D eigenvalue weighted by Gasteiger charge is -2.31. The van der Waals surface area contributed by atoms with E-state index < -0.39 is 0 Å². The van der Waals surface area contributed by atoms with E-state index in [2.05, 4.69) is 15.5 Å². The van der Waals surface area contributed by atoms with Crippen molar-refractivity contribution in [3.05, 3.63) is 42.1 Å². The zero-order valence-corrected chi connectivity index (χ0v) is 12.6. The van der Waals surface area contributed by atoms with Crippen LogP contribution in [0.25, 0.3) is 11.3 Å². The molecule has 6 heteroatoms. The number of ether oxygens (including phenoxy) is 1. The molecule has 1 atom stereocenters. The van der Waals surface area contributed by atoms with Crippen LogP contribution in [0.2, 0.25) is 0 Å². The number of aromatic nitrogens is 2. The van der Waals surface area contributed by atoms with Crippen molar-refractivity contribution >= 4 is 6.03 Å². The van der Waals surface area contributed by atoms with Crippen molar-refractivity contribution in [2.45, 2.75) is 19.6 Å². The molecule has 2 amide bonds. The molecule has 3 rings (SSSR count). The summed E-state index contributed by atoms with van der Waals surface area (Å²) in [5.74, 6) is 0. The van der Waals surface area contributed by atoms with Crippen molar-refractivity contribution in [1.29, 1.82) is 0 Å². The first-order valence-corrected chi connectivity index (χ1v) is 7.45. The summed E-state index contributed by atoms with van der Waals surface area (Å²) in [7, 11) is 0. The Balaban J connectivity index is 1.54. The average molecular weight is 300 g/mol. The van der Waals surface area contributed by atoms with Crippen LogP contribution in [0.1, 0.15) is 12.5 Å². The second kappa shape index (κ2) is 6.62. The van der Waals surface area contributed by atoms with Gasteiger partial charge in [-0.3, -0.25) is 5.10 Å². The Morgan fingerprint density at radius 1 is 1.41 bits per heavy atom. The van der Waals surface area contributed by atoms with Gasteiger partial charge in [-0.25, -0.2) is 4.79 Å². The van der Waals surface area contributed by atoms with Gasteiger partial charge in [0.15, 0.2) is 0 Å². The minimum Gasteiger partial charge on any atom is -0.375 e. The van der Waals surface area contributed by atoms with Gasteiger partial charge in [0.05, 0.1) is 18.4 Å². The Morgan fingerprint density at radius 3 is 2.91 bits per heavy atom. The molecule has 1 saturated heterocycles. The molecule has 22 heavy (non-hydrogen) atoms. The fraction of sp³-hybridized carbons (Fsp3) is 0.375. The smallest absolute Gasteiger partial charge is 0.317 e. The predicted octanol–water partition coefficient (Wildman–Crippen LogP) is 2.01. The first-order chi connectivity index (χ1) is 10.7. The predicted molar refractivity (Wildman–Crippen MR) is 83.2 cm³/mol. The third-order valence-corrected chi connectivity index (χ3v) is 3.74. The normalized spacial score (nSPS) is 18.2. The van der Waals surface area contributed by atoms with Crippen LogP contribution in [-0.4, -0.2) is 46.9 Å².